The van der Waals surface area contributed by atoms with Crippen LogP contribution in [-0.4, -0.2) is 24.6 Å². The lowest BCUT2D eigenvalue weighted by atomic mass is 10.3. The van der Waals surface area contributed by atoms with E-state index < -0.39 is 0 Å². The first-order valence-electron chi connectivity index (χ1n) is 4.96. The Kier molecular flexibility index (Phi) is 4.96. The van der Waals surface area contributed by atoms with Gasteiger partial charge in [0.05, 0.1) is 0 Å². The van der Waals surface area contributed by atoms with Crippen molar-refractivity contribution in [3.05, 3.63) is 23.9 Å². The normalized spacial score (nSPS) is 10.1. The number of nitrogens with two attached hydrogens (primary N) is 1. The number of rotatable bonds is 6. The van der Waals surface area contributed by atoms with E-state index in [1.165, 1.54) is 5.56 Å². The molecule has 0 aliphatic rings. The van der Waals surface area contributed by atoms with Gasteiger partial charge in [-0.15, -0.1) is 0 Å². The van der Waals surface area contributed by atoms with Gasteiger partial charge in [0.15, 0.2) is 0 Å². The summed E-state index contributed by atoms with van der Waals surface area (Å²) in [5.74, 6) is 0.885. The van der Waals surface area contributed by atoms with Gasteiger partial charge in [-0.3, -0.25) is 0 Å². The zero-order valence-electron chi connectivity index (χ0n) is 8.59. The van der Waals surface area contributed by atoms with E-state index in [0.717, 1.165) is 25.5 Å². The number of hydrogen-bond donors (Lipinski definition) is 3. The predicted molar refractivity (Wildman–Crippen MR) is 59.2 cm³/mol. The Labute approximate surface area is 84.9 Å². The molecule has 1 rings (SSSR count). The standard InChI is InChI=1S/C10H18N4/c1-2-12-7-9-3-4-10(14-8-9)13-6-5-11/h3-4,8,12H,2,5-7,11H2,1H3,(H,13,14). The average Bonchev–Trinajstić information content (AvgIpc) is 2.25. The fourth-order valence-electron chi connectivity index (χ4n) is 1.10. The molecule has 0 atom stereocenters. The van der Waals surface area contributed by atoms with Crippen molar-refractivity contribution in [3.8, 4) is 0 Å². The van der Waals surface area contributed by atoms with Crippen molar-refractivity contribution < 1.29 is 0 Å². The Morgan fingerprint density at radius 3 is 2.86 bits per heavy atom. The van der Waals surface area contributed by atoms with Crippen LogP contribution in [0.4, 0.5) is 5.82 Å². The second-order valence-electron chi connectivity index (χ2n) is 3.05. The van der Waals surface area contributed by atoms with Gasteiger partial charge in [0.25, 0.3) is 0 Å². The van der Waals surface area contributed by atoms with Crippen LogP contribution < -0.4 is 16.4 Å². The minimum absolute atomic E-state index is 0.626. The smallest absolute Gasteiger partial charge is 0.125 e. The number of anilines is 1. The van der Waals surface area contributed by atoms with Gasteiger partial charge in [-0.1, -0.05) is 13.0 Å². The summed E-state index contributed by atoms with van der Waals surface area (Å²) in [5.41, 5.74) is 6.57. The highest BCUT2D eigenvalue weighted by atomic mass is 15.0. The molecule has 0 radical (unpaired) electrons. The zero-order chi connectivity index (χ0) is 10.2. The number of nitrogens with zero attached hydrogens (tertiary/aromatic N) is 1. The lowest BCUT2D eigenvalue weighted by Crippen LogP contribution is -2.14. The molecule has 4 nitrogen and oxygen atoms in total. The van der Waals surface area contributed by atoms with Gasteiger partial charge in [0.2, 0.25) is 0 Å². The Bertz CT molecular complexity index is 218. The maximum atomic E-state index is 5.37. The van der Waals surface area contributed by atoms with Crippen LogP contribution in [0.15, 0.2) is 18.3 Å². The molecule has 1 aromatic heterocycles. The lowest BCUT2D eigenvalue weighted by molar-refractivity contribution is 0.724. The van der Waals surface area contributed by atoms with Crippen LogP contribution in [0, 0.1) is 0 Å². The number of nitrogens with one attached hydrogen (secondary N) is 2. The molecule has 4 N–H and O–H groups in total. The number of pyridine rings is 1. The Hall–Kier alpha value is -1.13. The van der Waals surface area contributed by atoms with Crippen molar-refractivity contribution in [1.82, 2.24) is 10.3 Å². The van der Waals surface area contributed by atoms with Crippen LogP contribution in [0.5, 0.6) is 0 Å². The number of hydrogen-bond acceptors (Lipinski definition) is 4. The summed E-state index contributed by atoms with van der Waals surface area (Å²) >= 11 is 0. The molecule has 1 heterocycles. The van der Waals surface area contributed by atoms with Gasteiger partial charge < -0.3 is 16.4 Å². The predicted octanol–water partition coefficient (Wildman–Crippen LogP) is 0.562. The molecule has 14 heavy (non-hydrogen) atoms. The van der Waals surface area contributed by atoms with Gasteiger partial charge >= 0.3 is 0 Å². The van der Waals surface area contributed by atoms with Crippen LogP contribution in [-0.2, 0) is 6.54 Å². The third-order valence-corrected chi connectivity index (χ3v) is 1.85. The van der Waals surface area contributed by atoms with Crippen molar-refractivity contribution >= 4 is 5.82 Å². The monoisotopic (exact) mass is 194 g/mol. The van der Waals surface area contributed by atoms with E-state index in [1.54, 1.807) is 0 Å². The van der Waals surface area contributed by atoms with Crippen molar-refractivity contribution in [3.63, 3.8) is 0 Å². The van der Waals surface area contributed by atoms with Crippen LogP contribution in [0.2, 0.25) is 0 Å². The van der Waals surface area contributed by atoms with E-state index in [0.29, 0.717) is 6.54 Å². The summed E-state index contributed by atoms with van der Waals surface area (Å²) in [6, 6.07) is 4.04. The Balaban J connectivity index is 2.42. The van der Waals surface area contributed by atoms with Crippen LogP contribution in [0.25, 0.3) is 0 Å². The molecule has 78 valence electrons. The molecule has 0 aromatic carbocycles. The quantitative estimate of drug-likeness (QED) is 0.619. The largest absolute Gasteiger partial charge is 0.369 e. The molecular weight excluding hydrogens is 176 g/mol. The molecule has 1 aromatic rings. The molecule has 0 saturated carbocycles. The number of aromatic nitrogens is 1. The van der Waals surface area contributed by atoms with E-state index >= 15 is 0 Å². The molecule has 0 fully saturated rings. The molecule has 0 bridgehead atoms. The third kappa shape index (κ3) is 3.72. The first-order chi connectivity index (χ1) is 6.86. The van der Waals surface area contributed by atoms with Gasteiger partial charge in [-0.05, 0) is 18.2 Å². The molecule has 0 aliphatic carbocycles. The highest BCUT2D eigenvalue weighted by Crippen LogP contribution is 2.03. The van der Waals surface area contributed by atoms with Gasteiger partial charge in [-0.25, -0.2) is 4.98 Å². The summed E-state index contributed by atoms with van der Waals surface area (Å²) in [5, 5.41) is 6.37. The minimum atomic E-state index is 0.626. The highest BCUT2D eigenvalue weighted by Gasteiger charge is 1.94. The first-order valence-corrected chi connectivity index (χ1v) is 4.96. The topological polar surface area (TPSA) is 63.0 Å². The average molecular weight is 194 g/mol. The van der Waals surface area contributed by atoms with E-state index in [-0.39, 0.29) is 0 Å². The molecular formula is C10H18N4. The molecule has 0 amide bonds. The second kappa shape index (κ2) is 6.34. The summed E-state index contributed by atoms with van der Waals surface area (Å²) in [4.78, 5) is 4.26. The third-order valence-electron chi connectivity index (χ3n) is 1.85. The zero-order valence-corrected chi connectivity index (χ0v) is 8.59. The van der Waals surface area contributed by atoms with E-state index in [9.17, 15) is 0 Å². The summed E-state index contributed by atoms with van der Waals surface area (Å²) in [6.07, 6.45) is 1.88. The lowest BCUT2D eigenvalue weighted by Gasteiger charge is -2.05. The molecule has 0 spiro atoms. The molecule has 0 saturated heterocycles. The maximum Gasteiger partial charge on any atom is 0.125 e. The van der Waals surface area contributed by atoms with Gasteiger partial charge in [0.1, 0.15) is 5.82 Å². The van der Waals surface area contributed by atoms with Crippen molar-refractivity contribution in [2.45, 2.75) is 13.5 Å². The van der Waals surface area contributed by atoms with Crippen LogP contribution in [0.1, 0.15) is 12.5 Å². The van der Waals surface area contributed by atoms with E-state index in [2.05, 4.69) is 28.6 Å². The van der Waals surface area contributed by atoms with Crippen molar-refractivity contribution in [2.24, 2.45) is 5.73 Å². The summed E-state index contributed by atoms with van der Waals surface area (Å²) in [7, 11) is 0. The second-order valence-corrected chi connectivity index (χ2v) is 3.05. The Morgan fingerprint density at radius 1 is 1.43 bits per heavy atom. The Morgan fingerprint density at radius 2 is 2.29 bits per heavy atom. The first kappa shape index (κ1) is 10.9. The molecule has 4 heteroatoms. The van der Waals surface area contributed by atoms with Gasteiger partial charge in [-0.2, -0.15) is 0 Å². The highest BCUT2D eigenvalue weighted by molar-refractivity contribution is 5.35. The minimum Gasteiger partial charge on any atom is -0.369 e. The van der Waals surface area contributed by atoms with E-state index in [4.69, 9.17) is 5.73 Å². The SMILES string of the molecule is CCNCc1ccc(NCCN)nc1. The fourth-order valence-corrected chi connectivity index (χ4v) is 1.10. The summed E-state index contributed by atoms with van der Waals surface area (Å²) < 4.78 is 0. The van der Waals surface area contributed by atoms with Crippen molar-refractivity contribution in [1.29, 1.82) is 0 Å². The van der Waals surface area contributed by atoms with E-state index in [1.807, 2.05) is 12.3 Å². The maximum absolute atomic E-state index is 5.37. The van der Waals surface area contributed by atoms with Crippen molar-refractivity contribution in [2.75, 3.05) is 25.0 Å². The fraction of sp³-hybridized carbons (Fsp3) is 0.500. The van der Waals surface area contributed by atoms with Gasteiger partial charge in [0, 0.05) is 25.8 Å². The van der Waals surface area contributed by atoms with Crippen LogP contribution in [0.3, 0.4) is 0 Å². The molecule has 0 aliphatic heterocycles. The van der Waals surface area contributed by atoms with Crippen LogP contribution >= 0.6 is 0 Å². The molecule has 0 unspecified atom stereocenters. The summed E-state index contributed by atoms with van der Waals surface area (Å²) in [6.45, 7) is 5.33.